The normalized spacial score (nSPS) is 11.8. The number of hydrogen-bond donors (Lipinski definition) is 2. The molecule has 2 rings (SSSR count). The molecule has 20 heavy (non-hydrogen) atoms. The summed E-state index contributed by atoms with van der Waals surface area (Å²) in [5, 5.41) is 14.1. The van der Waals surface area contributed by atoms with Gasteiger partial charge in [0.1, 0.15) is 5.01 Å². The maximum Gasteiger partial charge on any atom is 0.107 e. The molecule has 0 unspecified atom stereocenters. The van der Waals surface area contributed by atoms with Crippen molar-refractivity contribution >= 4 is 11.3 Å². The Morgan fingerprint density at radius 1 is 1.20 bits per heavy atom. The molecule has 0 saturated heterocycles. The average molecular weight is 290 g/mol. The number of rotatable bonds is 7. The molecule has 0 radical (unpaired) electrons. The number of aliphatic hydroxyl groups excluding tert-OH is 1. The summed E-state index contributed by atoms with van der Waals surface area (Å²) >= 11 is 1.70. The molecule has 0 fully saturated rings. The van der Waals surface area contributed by atoms with Crippen LogP contribution < -0.4 is 5.32 Å². The predicted molar refractivity (Wildman–Crippen MR) is 84.8 cm³/mol. The van der Waals surface area contributed by atoms with Gasteiger partial charge in [-0.05, 0) is 18.4 Å². The summed E-state index contributed by atoms with van der Waals surface area (Å²) in [6.45, 7) is 5.07. The summed E-state index contributed by atoms with van der Waals surface area (Å²) in [4.78, 5) is 5.66. The molecule has 1 aromatic carbocycles. The van der Waals surface area contributed by atoms with E-state index in [1.165, 1.54) is 10.4 Å². The van der Waals surface area contributed by atoms with Crippen molar-refractivity contribution in [1.82, 2.24) is 10.3 Å². The highest BCUT2D eigenvalue weighted by atomic mass is 32.1. The number of hydrogen-bond acceptors (Lipinski definition) is 4. The van der Waals surface area contributed by atoms with Gasteiger partial charge in [0.2, 0.25) is 0 Å². The highest BCUT2D eigenvalue weighted by Gasteiger charge is 2.24. The minimum Gasteiger partial charge on any atom is -0.394 e. The zero-order chi connectivity index (χ0) is 14.4. The Hall–Kier alpha value is -1.23. The first-order chi connectivity index (χ1) is 9.73. The molecule has 1 aromatic heterocycles. The molecule has 3 nitrogen and oxygen atoms in total. The Bertz CT molecular complexity index is 512. The smallest absolute Gasteiger partial charge is 0.107 e. The number of nitrogens with zero attached hydrogens (tertiary/aromatic N) is 1. The van der Waals surface area contributed by atoms with Crippen LogP contribution >= 0.6 is 11.3 Å². The SMILES string of the molecule is CCC(CC)(CO)NCc1ncc(-c2ccccc2)s1. The summed E-state index contributed by atoms with van der Waals surface area (Å²) in [5.74, 6) is 0. The van der Waals surface area contributed by atoms with E-state index < -0.39 is 0 Å². The molecule has 0 saturated carbocycles. The first-order valence-electron chi connectivity index (χ1n) is 7.09. The molecule has 1 heterocycles. The number of aromatic nitrogens is 1. The van der Waals surface area contributed by atoms with Crippen LogP contribution in [0.4, 0.5) is 0 Å². The van der Waals surface area contributed by atoms with Gasteiger partial charge in [-0.15, -0.1) is 11.3 Å². The van der Waals surface area contributed by atoms with E-state index in [0.717, 1.165) is 17.8 Å². The van der Waals surface area contributed by atoms with Crippen LogP contribution in [0.3, 0.4) is 0 Å². The lowest BCUT2D eigenvalue weighted by Gasteiger charge is -2.30. The Balaban J connectivity index is 2.03. The molecular formula is C16H22N2OS. The molecule has 0 atom stereocenters. The number of thiazole rings is 1. The van der Waals surface area contributed by atoms with Crippen LogP contribution in [0.25, 0.3) is 10.4 Å². The number of nitrogens with one attached hydrogen (secondary N) is 1. The second kappa shape index (κ2) is 6.97. The largest absolute Gasteiger partial charge is 0.394 e. The van der Waals surface area contributed by atoms with Gasteiger partial charge in [0, 0.05) is 18.3 Å². The van der Waals surface area contributed by atoms with Gasteiger partial charge in [0.05, 0.1) is 11.5 Å². The fourth-order valence-corrected chi connectivity index (χ4v) is 3.03. The van der Waals surface area contributed by atoms with Crippen LogP contribution in [-0.2, 0) is 6.54 Å². The van der Waals surface area contributed by atoms with E-state index in [9.17, 15) is 5.11 Å². The third-order valence-electron chi connectivity index (χ3n) is 3.88. The number of aliphatic hydroxyl groups is 1. The van der Waals surface area contributed by atoms with Crippen LogP contribution in [-0.4, -0.2) is 22.2 Å². The summed E-state index contributed by atoms with van der Waals surface area (Å²) in [5.41, 5.74) is 1.02. The van der Waals surface area contributed by atoms with Crippen LogP contribution in [0.2, 0.25) is 0 Å². The molecule has 2 aromatic rings. The summed E-state index contributed by atoms with van der Waals surface area (Å²) < 4.78 is 0. The highest BCUT2D eigenvalue weighted by molar-refractivity contribution is 7.15. The van der Waals surface area contributed by atoms with Crippen LogP contribution in [0.5, 0.6) is 0 Å². The van der Waals surface area contributed by atoms with E-state index >= 15 is 0 Å². The first kappa shape index (κ1) is 15.2. The number of benzene rings is 1. The predicted octanol–water partition coefficient (Wildman–Crippen LogP) is 3.45. The molecule has 0 aliphatic rings. The maximum absolute atomic E-state index is 9.56. The van der Waals surface area contributed by atoms with E-state index in [0.29, 0.717) is 6.54 Å². The summed E-state index contributed by atoms with van der Waals surface area (Å²) in [7, 11) is 0. The molecule has 0 amide bonds. The van der Waals surface area contributed by atoms with Crippen molar-refractivity contribution in [2.45, 2.75) is 38.8 Å². The van der Waals surface area contributed by atoms with Gasteiger partial charge in [-0.25, -0.2) is 4.98 Å². The molecular weight excluding hydrogens is 268 g/mol. The van der Waals surface area contributed by atoms with Crippen molar-refractivity contribution in [2.24, 2.45) is 0 Å². The van der Waals surface area contributed by atoms with E-state index in [1.54, 1.807) is 11.3 Å². The van der Waals surface area contributed by atoms with E-state index in [4.69, 9.17) is 0 Å². The highest BCUT2D eigenvalue weighted by Crippen LogP contribution is 2.26. The Labute approximate surface area is 124 Å². The van der Waals surface area contributed by atoms with Crippen molar-refractivity contribution in [3.63, 3.8) is 0 Å². The van der Waals surface area contributed by atoms with Gasteiger partial charge in [-0.2, -0.15) is 0 Å². The summed E-state index contributed by atoms with van der Waals surface area (Å²) in [6.07, 6.45) is 3.75. The fourth-order valence-electron chi connectivity index (χ4n) is 2.17. The first-order valence-corrected chi connectivity index (χ1v) is 7.90. The minimum atomic E-state index is -0.182. The average Bonchev–Trinajstić information content (AvgIpc) is 2.99. The van der Waals surface area contributed by atoms with Gasteiger partial charge in [-0.1, -0.05) is 44.2 Å². The minimum absolute atomic E-state index is 0.164. The molecule has 0 aliphatic carbocycles. The lowest BCUT2D eigenvalue weighted by Crippen LogP contribution is -2.47. The van der Waals surface area contributed by atoms with E-state index in [2.05, 4.69) is 36.3 Å². The van der Waals surface area contributed by atoms with E-state index in [1.807, 2.05) is 24.4 Å². The zero-order valence-corrected chi connectivity index (χ0v) is 12.9. The van der Waals surface area contributed by atoms with Crippen molar-refractivity contribution in [1.29, 1.82) is 0 Å². The second-order valence-electron chi connectivity index (χ2n) is 4.98. The molecule has 2 N–H and O–H groups in total. The monoisotopic (exact) mass is 290 g/mol. The van der Waals surface area contributed by atoms with Crippen molar-refractivity contribution < 1.29 is 5.11 Å². The van der Waals surface area contributed by atoms with E-state index in [-0.39, 0.29) is 12.1 Å². The van der Waals surface area contributed by atoms with Crippen molar-refractivity contribution in [2.75, 3.05) is 6.61 Å². The second-order valence-corrected chi connectivity index (χ2v) is 6.10. The van der Waals surface area contributed by atoms with Crippen LogP contribution in [0, 0.1) is 0 Å². The van der Waals surface area contributed by atoms with Crippen molar-refractivity contribution in [3.8, 4) is 10.4 Å². The standard InChI is InChI=1S/C16H22N2OS/c1-3-16(4-2,12-19)18-11-15-17-10-14(20-15)13-8-6-5-7-9-13/h5-10,18-19H,3-4,11-12H2,1-2H3. The third kappa shape index (κ3) is 3.45. The van der Waals surface area contributed by atoms with Gasteiger partial charge in [-0.3, -0.25) is 0 Å². The summed E-state index contributed by atoms with van der Waals surface area (Å²) in [6, 6.07) is 10.3. The quantitative estimate of drug-likeness (QED) is 0.821. The lowest BCUT2D eigenvalue weighted by atomic mass is 9.94. The van der Waals surface area contributed by atoms with Gasteiger partial charge in [0.15, 0.2) is 0 Å². The van der Waals surface area contributed by atoms with Crippen LogP contribution in [0.15, 0.2) is 36.5 Å². The molecule has 0 bridgehead atoms. The Morgan fingerprint density at radius 3 is 2.50 bits per heavy atom. The molecule has 0 aliphatic heterocycles. The van der Waals surface area contributed by atoms with Gasteiger partial charge < -0.3 is 10.4 Å². The van der Waals surface area contributed by atoms with Gasteiger partial charge in [0.25, 0.3) is 0 Å². The third-order valence-corrected chi connectivity index (χ3v) is 4.93. The lowest BCUT2D eigenvalue weighted by molar-refractivity contribution is 0.149. The Morgan fingerprint density at radius 2 is 1.90 bits per heavy atom. The maximum atomic E-state index is 9.56. The molecule has 108 valence electrons. The molecule has 4 heteroatoms. The van der Waals surface area contributed by atoms with Crippen molar-refractivity contribution in [3.05, 3.63) is 41.5 Å². The topological polar surface area (TPSA) is 45.1 Å². The van der Waals surface area contributed by atoms with Crippen LogP contribution in [0.1, 0.15) is 31.7 Å². The van der Waals surface area contributed by atoms with Gasteiger partial charge >= 0.3 is 0 Å². The zero-order valence-electron chi connectivity index (χ0n) is 12.1. The molecule has 0 spiro atoms. The fraction of sp³-hybridized carbons (Fsp3) is 0.438. The Kier molecular flexibility index (Phi) is 5.29.